The van der Waals surface area contributed by atoms with E-state index in [0.29, 0.717) is 20.9 Å². The maximum atomic E-state index is 11.5. The highest BCUT2D eigenvalue weighted by Gasteiger charge is 2.11. The van der Waals surface area contributed by atoms with Crippen molar-refractivity contribution in [3.8, 4) is 5.75 Å². The summed E-state index contributed by atoms with van der Waals surface area (Å²) in [5.74, 6) is -0.991. The third kappa shape index (κ3) is 4.19. The van der Waals surface area contributed by atoms with Gasteiger partial charge in [-0.15, -0.1) is 0 Å². The van der Waals surface area contributed by atoms with Gasteiger partial charge in [0, 0.05) is 10.9 Å². The molecule has 1 rings (SSSR count). The number of halogens is 2. The molecule has 98 valence electrons. The number of nitrogens with one attached hydrogen (secondary N) is 1. The zero-order valence-electron chi connectivity index (χ0n) is 9.50. The Morgan fingerprint density at radius 2 is 2.11 bits per heavy atom. The first-order valence-electron chi connectivity index (χ1n) is 4.98. The van der Waals surface area contributed by atoms with E-state index in [-0.39, 0.29) is 12.8 Å². The van der Waals surface area contributed by atoms with Crippen LogP contribution in [-0.2, 0) is 9.59 Å². The number of methoxy groups -OCH3 is 1. The molecule has 0 saturated heterocycles. The van der Waals surface area contributed by atoms with Crippen LogP contribution in [0.4, 0.5) is 5.69 Å². The van der Waals surface area contributed by atoms with Crippen molar-refractivity contribution in [2.75, 3.05) is 12.4 Å². The Kier molecular flexibility index (Phi) is 5.43. The number of rotatable bonds is 5. The van der Waals surface area contributed by atoms with E-state index in [4.69, 9.17) is 21.4 Å². The van der Waals surface area contributed by atoms with Crippen LogP contribution in [0, 0.1) is 0 Å². The first kappa shape index (κ1) is 14.8. The van der Waals surface area contributed by atoms with Crippen molar-refractivity contribution >= 4 is 45.1 Å². The van der Waals surface area contributed by atoms with Crippen molar-refractivity contribution in [2.45, 2.75) is 12.8 Å². The fourth-order valence-electron chi connectivity index (χ4n) is 1.23. The summed E-state index contributed by atoms with van der Waals surface area (Å²) in [6.07, 6.45) is -0.329. The minimum absolute atomic E-state index is 0.105. The molecule has 1 aromatic rings. The van der Waals surface area contributed by atoms with Gasteiger partial charge in [-0.05, 0) is 28.1 Å². The van der Waals surface area contributed by atoms with Crippen LogP contribution < -0.4 is 10.1 Å². The molecule has 0 aromatic heterocycles. The molecule has 0 aliphatic carbocycles. The number of ether oxygens (including phenoxy) is 1. The number of aliphatic carboxylic acids is 1. The molecule has 1 amide bonds. The van der Waals surface area contributed by atoms with Crippen LogP contribution in [0.3, 0.4) is 0 Å². The minimum atomic E-state index is -1.02. The second-order valence-corrected chi connectivity index (χ2v) is 4.67. The van der Waals surface area contributed by atoms with E-state index < -0.39 is 11.9 Å². The number of carboxylic acids is 1. The Morgan fingerprint density at radius 1 is 1.44 bits per heavy atom. The summed E-state index contributed by atoms with van der Waals surface area (Å²) in [4.78, 5) is 21.8. The highest BCUT2D eigenvalue weighted by molar-refractivity contribution is 9.10. The summed E-state index contributed by atoms with van der Waals surface area (Å²) < 4.78 is 5.73. The normalized spacial score (nSPS) is 9.94. The van der Waals surface area contributed by atoms with Gasteiger partial charge in [-0.3, -0.25) is 9.59 Å². The number of hydrogen-bond acceptors (Lipinski definition) is 3. The molecule has 18 heavy (non-hydrogen) atoms. The molecule has 0 atom stereocenters. The molecule has 0 fully saturated rings. The Bertz CT molecular complexity index is 478. The van der Waals surface area contributed by atoms with Crippen LogP contribution in [0.2, 0.25) is 5.02 Å². The van der Waals surface area contributed by atoms with Gasteiger partial charge >= 0.3 is 5.97 Å². The van der Waals surface area contributed by atoms with E-state index in [1.165, 1.54) is 13.2 Å². The van der Waals surface area contributed by atoms with Crippen molar-refractivity contribution in [3.05, 3.63) is 21.6 Å². The smallest absolute Gasteiger partial charge is 0.303 e. The average Bonchev–Trinajstić information content (AvgIpc) is 2.31. The Balaban J connectivity index is 2.80. The summed E-state index contributed by atoms with van der Waals surface area (Å²) in [5.41, 5.74) is 0.404. The average molecular weight is 337 g/mol. The van der Waals surface area contributed by atoms with Crippen molar-refractivity contribution in [2.24, 2.45) is 0 Å². The molecule has 0 unspecified atom stereocenters. The predicted octanol–water partition coefficient (Wildman–Crippen LogP) is 2.91. The van der Waals surface area contributed by atoms with Crippen molar-refractivity contribution in [3.63, 3.8) is 0 Å². The maximum absolute atomic E-state index is 11.5. The lowest BCUT2D eigenvalue weighted by atomic mass is 10.2. The van der Waals surface area contributed by atoms with Crippen molar-refractivity contribution < 1.29 is 19.4 Å². The lowest BCUT2D eigenvalue weighted by molar-refractivity contribution is -0.138. The van der Waals surface area contributed by atoms with Gasteiger partial charge in [-0.25, -0.2) is 0 Å². The lowest BCUT2D eigenvalue weighted by Gasteiger charge is -2.11. The Labute approximate surface area is 117 Å². The molecular weight excluding hydrogens is 325 g/mol. The molecule has 0 radical (unpaired) electrons. The van der Waals surface area contributed by atoms with Gasteiger partial charge in [0.15, 0.2) is 0 Å². The van der Waals surface area contributed by atoms with Gasteiger partial charge in [0.05, 0.1) is 24.2 Å². The predicted molar refractivity (Wildman–Crippen MR) is 71.2 cm³/mol. The summed E-state index contributed by atoms with van der Waals surface area (Å²) >= 11 is 9.14. The molecule has 1 aromatic carbocycles. The molecule has 0 aliphatic heterocycles. The molecule has 0 bridgehead atoms. The molecule has 0 aliphatic rings. The lowest BCUT2D eigenvalue weighted by Crippen LogP contribution is -2.13. The zero-order chi connectivity index (χ0) is 13.7. The fourth-order valence-corrected chi connectivity index (χ4v) is 1.71. The highest BCUT2D eigenvalue weighted by Crippen LogP contribution is 2.34. The SMILES string of the molecule is COc1cc(Br)c(Cl)cc1NC(=O)CCC(=O)O. The molecule has 2 N–H and O–H groups in total. The van der Waals surface area contributed by atoms with E-state index >= 15 is 0 Å². The molecule has 0 saturated carbocycles. The summed E-state index contributed by atoms with van der Waals surface area (Å²) in [6.45, 7) is 0. The molecule has 0 heterocycles. The summed E-state index contributed by atoms with van der Waals surface area (Å²) in [5, 5.41) is 11.5. The Morgan fingerprint density at radius 3 is 2.67 bits per heavy atom. The van der Waals surface area contributed by atoms with E-state index in [1.807, 2.05) is 0 Å². The molecule has 5 nitrogen and oxygen atoms in total. The third-order valence-corrected chi connectivity index (χ3v) is 3.28. The van der Waals surface area contributed by atoms with E-state index in [9.17, 15) is 9.59 Å². The highest BCUT2D eigenvalue weighted by atomic mass is 79.9. The maximum Gasteiger partial charge on any atom is 0.303 e. The van der Waals surface area contributed by atoms with Gasteiger partial charge in [0.25, 0.3) is 0 Å². The van der Waals surface area contributed by atoms with Crippen LogP contribution in [0.5, 0.6) is 5.75 Å². The number of carbonyl (C=O) groups excluding carboxylic acids is 1. The second-order valence-electron chi connectivity index (χ2n) is 3.41. The fraction of sp³-hybridized carbons (Fsp3) is 0.273. The van der Waals surface area contributed by atoms with Gasteiger partial charge < -0.3 is 15.2 Å². The van der Waals surface area contributed by atoms with E-state index in [2.05, 4.69) is 21.2 Å². The van der Waals surface area contributed by atoms with Crippen molar-refractivity contribution in [1.82, 2.24) is 0 Å². The Hall–Kier alpha value is -1.27. The van der Waals surface area contributed by atoms with Gasteiger partial charge in [-0.2, -0.15) is 0 Å². The van der Waals surface area contributed by atoms with Crippen LogP contribution in [0.15, 0.2) is 16.6 Å². The largest absolute Gasteiger partial charge is 0.495 e. The van der Waals surface area contributed by atoms with E-state index in [1.54, 1.807) is 6.07 Å². The molecular formula is C11H11BrClNO4. The number of amides is 1. The first-order chi connectivity index (χ1) is 8.43. The van der Waals surface area contributed by atoms with Crippen LogP contribution in [0.1, 0.15) is 12.8 Å². The zero-order valence-corrected chi connectivity index (χ0v) is 11.8. The number of anilines is 1. The number of hydrogen-bond donors (Lipinski definition) is 2. The third-order valence-electron chi connectivity index (χ3n) is 2.08. The standard InChI is InChI=1S/C11H11BrClNO4/c1-18-9-4-6(12)7(13)5-8(9)14-10(15)2-3-11(16)17/h4-5H,2-3H2,1H3,(H,14,15)(H,16,17). The number of carboxylic acid groups (broad SMARTS) is 1. The van der Waals surface area contributed by atoms with Crippen LogP contribution in [0.25, 0.3) is 0 Å². The summed E-state index contributed by atoms with van der Waals surface area (Å²) in [7, 11) is 1.46. The monoisotopic (exact) mass is 335 g/mol. The van der Waals surface area contributed by atoms with Gasteiger partial charge in [0.2, 0.25) is 5.91 Å². The van der Waals surface area contributed by atoms with Crippen LogP contribution >= 0.6 is 27.5 Å². The number of carbonyl (C=O) groups is 2. The second kappa shape index (κ2) is 6.61. The quantitative estimate of drug-likeness (QED) is 0.867. The van der Waals surface area contributed by atoms with E-state index in [0.717, 1.165) is 0 Å². The van der Waals surface area contributed by atoms with Crippen molar-refractivity contribution in [1.29, 1.82) is 0 Å². The summed E-state index contributed by atoms with van der Waals surface area (Å²) in [6, 6.07) is 3.15. The molecule has 0 spiro atoms. The minimum Gasteiger partial charge on any atom is -0.495 e. The molecule has 7 heteroatoms. The van der Waals surface area contributed by atoms with Gasteiger partial charge in [0.1, 0.15) is 5.75 Å². The first-order valence-corrected chi connectivity index (χ1v) is 6.15. The topological polar surface area (TPSA) is 75.6 Å². The van der Waals surface area contributed by atoms with Crippen LogP contribution in [-0.4, -0.2) is 24.1 Å². The number of benzene rings is 1. The van der Waals surface area contributed by atoms with Gasteiger partial charge in [-0.1, -0.05) is 11.6 Å².